The standard InChI is InChI=1S/C19H17BrN/c20-14-16-6-8-17(9-7-16)15-21-12-10-19(11-13-21)18-4-2-1-3-5-18/h1-13H,14-15H2/q+1. The summed E-state index contributed by atoms with van der Waals surface area (Å²) in [5.74, 6) is 0. The van der Waals surface area contributed by atoms with E-state index in [-0.39, 0.29) is 0 Å². The summed E-state index contributed by atoms with van der Waals surface area (Å²) in [6.07, 6.45) is 4.28. The monoisotopic (exact) mass is 338 g/mol. The Morgan fingerprint density at radius 3 is 1.86 bits per heavy atom. The van der Waals surface area contributed by atoms with Crippen molar-refractivity contribution in [3.05, 3.63) is 90.3 Å². The number of nitrogens with zero attached hydrogens (tertiary/aromatic N) is 1. The van der Waals surface area contributed by atoms with Gasteiger partial charge in [0.15, 0.2) is 18.9 Å². The van der Waals surface area contributed by atoms with Gasteiger partial charge in [-0.25, -0.2) is 4.57 Å². The molecule has 0 fully saturated rings. The normalized spacial score (nSPS) is 10.5. The molecule has 0 unspecified atom stereocenters. The molecule has 0 bridgehead atoms. The molecule has 0 aliphatic heterocycles. The number of alkyl halides is 1. The first kappa shape index (κ1) is 14.0. The van der Waals surface area contributed by atoms with E-state index >= 15 is 0 Å². The van der Waals surface area contributed by atoms with Crippen molar-refractivity contribution < 1.29 is 4.57 Å². The van der Waals surface area contributed by atoms with Gasteiger partial charge in [-0.05, 0) is 16.7 Å². The van der Waals surface area contributed by atoms with Crippen LogP contribution in [0.4, 0.5) is 0 Å². The van der Waals surface area contributed by atoms with E-state index in [4.69, 9.17) is 0 Å². The van der Waals surface area contributed by atoms with Gasteiger partial charge in [0.25, 0.3) is 0 Å². The molecule has 1 heterocycles. The summed E-state index contributed by atoms with van der Waals surface area (Å²) >= 11 is 3.47. The number of hydrogen-bond donors (Lipinski definition) is 0. The molecule has 0 aliphatic rings. The highest BCUT2D eigenvalue weighted by Gasteiger charge is 2.04. The minimum absolute atomic E-state index is 0.900. The van der Waals surface area contributed by atoms with Crippen LogP contribution in [0.3, 0.4) is 0 Å². The van der Waals surface area contributed by atoms with Crippen LogP contribution in [0.25, 0.3) is 11.1 Å². The lowest BCUT2D eigenvalue weighted by Gasteiger charge is -2.02. The summed E-state index contributed by atoms with van der Waals surface area (Å²) in [6, 6.07) is 23.5. The summed E-state index contributed by atoms with van der Waals surface area (Å²) in [5, 5.41) is 0.909. The number of rotatable bonds is 4. The van der Waals surface area contributed by atoms with Gasteiger partial charge in [-0.2, -0.15) is 0 Å². The van der Waals surface area contributed by atoms with Crippen LogP contribution < -0.4 is 4.57 Å². The van der Waals surface area contributed by atoms with Crippen LogP contribution in [0.15, 0.2) is 79.1 Å². The van der Waals surface area contributed by atoms with Crippen LogP contribution in [0, 0.1) is 0 Å². The molecule has 0 atom stereocenters. The summed E-state index contributed by atoms with van der Waals surface area (Å²) in [4.78, 5) is 0. The average molecular weight is 339 g/mol. The number of aromatic nitrogens is 1. The first-order valence-electron chi connectivity index (χ1n) is 7.03. The van der Waals surface area contributed by atoms with Crippen molar-refractivity contribution >= 4 is 15.9 Å². The predicted octanol–water partition coefficient (Wildman–Crippen LogP) is 4.58. The molecule has 0 spiro atoms. The van der Waals surface area contributed by atoms with Crippen molar-refractivity contribution in [2.75, 3.05) is 0 Å². The number of pyridine rings is 1. The van der Waals surface area contributed by atoms with Gasteiger partial charge in [0, 0.05) is 23.0 Å². The van der Waals surface area contributed by atoms with Crippen LogP contribution in [0.1, 0.15) is 11.1 Å². The number of hydrogen-bond acceptors (Lipinski definition) is 0. The second kappa shape index (κ2) is 6.68. The van der Waals surface area contributed by atoms with E-state index in [9.17, 15) is 0 Å². The van der Waals surface area contributed by atoms with Crippen molar-refractivity contribution in [2.24, 2.45) is 0 Å². The van der Waals surface area contributed by atoms with Gasteiger partial charge in [-0.3, -0.25) is 0 Å². The molecule has 0 saturated heterocycles. The van der Waals surface area contributed by atoms with E-state index in [1.165, 1.54) is 22.3 Å². The van der Waals surface area contributed by atoms with Gasteiger partial charge in [0.2, 0.25) is 0 Å². The molecule has 1 nitrogen and oxygen atoms in total. The zero-order valence-corrected chi connectivity index (χ0v) is 13.3. The van der Waals surface area contributed by atoms with Gasteiger partial charge < -0.3 is 0 Å². The summed E-state index contributed by atoms with van der Waals surface area (Å²) < 4.78 is 2.20. The lowest BCUT2D eigenvalue weighted by molar-refractivity contribution is -0.688. The Morgan fingerprint density at radius 2 is 1.24 bits per heavy atom. The molecular weight excluding hydrogens is 322 g/mol. The maximum atomic E-state index is 3.47. The molecule has 0 radical (unpaired) electrons. The number of benzene rings is 2. The van der Waals surface area contributed by atoms with Crippen LogP contribution in [-0.2, 0) is 11.9 Å². The fourth-order valence-electron chi connectivity index (χ4n) is 2.33. The zero-order valence-electron chi connectivity index (χ0n) is 11.7. The van der Waals surface area contributed by atoms with Crippen LogP contribution >= 0.6 is 15.9 Å². The van der Waals surface area contributed by atoms with Crippen molar-refractivity contribution in [1.29, 1.82) is 0 Å². The Labute approximate surface area is 134 Å². The molecule has 104 valence electrons. The maximum absolute atomic E-state index is 3.47. The lowest BCUT2D eigenvalue weighted by atomic mass is 10.1. The van der Waals surface area contributed by atoms with E-state index in [2.05, 4.69) is 93.6 Å². The second-order valence-corrected chi connectivity index (χ2v) is 5.64. The summed E-state index contributed by atoms with van der Waals surface area (Å²) in [7, 11) is 0. The molecule has 2 aromatic carbocycles. The molecule has 21 heavy (non-hydrogen) atoms. The molecular formula is C19H17BrN+. The van der Waals surface area contributed by atoms with Gasteiger partial charge in [-0.15, -0.1) is 0 Å². The molecule has 3 aromatic rings. The third-order valence-corrected chi connectivity index (χ3v) is 4.19. The minimum Gasteiger partial charge on any atom is -0.201 e. The van der Waals surface area contributed by atoms with E-state index in [1.807, 2.05) is 6.07 Å². The zero-order chi connectivity index (χ0) is 14.5. The Morgan fingerprint density at radius 1 is 0.667 bits per heavy atom. The number of halogens is 1. The summed E-state index contributed by atoms with van der Waals surface area (Å²) in [6.45, 7) is 0.900. The van der Waals surface area contributed by atoms with Crippen LogP contribution in [0.2, 0.25) is 0 Å². The second-order valence-electron chi connectivity index (χ2n) is 5.08. The molecule has 0 N–H and O–H groups in total. The fraction of sp³-hybridized carbons (Fsp3) is 0.105. The largest absolute Gasteiger partial charge is 0.201 e. The molecule has 0 saturated carbocycles. The first-order chi connectivity index (χ1) is 10.3. The topological polar surface area (TPSA) is 3.88 Å². The van der Waals surface area contributed by atoms with E-state index in [0.29, 0.717) is 0 Å². The van der Waals surface area contributed by atoms with Crippen molar-refractivity contribution in [2.45, 2.75) is 11.9 Å². The van der Waals surface area contributed by atoms with E-state index in [1.54, 1.807) is 0 Å². The quantitative estimate of drug-likeness (QED) is 0.484. The average Bonchev–Trinajstić information content (AvgIpc) is 2.57. The third kappa shape index (κ3) is 3.59. The van der Waals surface area contributed by atoms with Crippen molar-refractivity contribution in [1.82, 2.24) is 0 Å². The first-order valence-corrected chi connectivity index (χ1v) is 8.15. The van der Waals surface area contributed by atoms with Crippen LogP contribution in [0.5, 0.6) is 0 Å². The lowest BCUT2D eigenvalue weighted by Crippen LogP contribution is -2.32. The third-order valence-electron chi connectivity index (χ3n) is 3.54. The minimum atomic E-state index is 0.900. The summed E-state index contributed by atoms with van der Waals surface area (Å²) in [5.41, 5.74) is 5.13. The van der Waals surface area contributed by atoms with Crippen molar-refractivity contribution in [3.8, 4) is 11.1 Å². The van der Waals surface area contributed by atoms with Crippen molar-refractivity contribution in [3.63, 3.8) is 0 Å². The molecule has 2 heteroatoms. The van der Waals surface area contributed by atoms with Gasteiger partial charge in [0.1, 0.15) is 0 Å². The molecule has 3 rings (SSSR count). The maximum Gasteiger partial charge on any atom is 0.173 e. The Bertz CT molecular complexity index is 688. The highest BCUT2D eigenvalue weighted by Crippen LogP contribution is 2.16. The smallest absolute Gasteiger partial charge is 0.173 e. The van der Waals surface area contributed by atoms with Gasteiger partial charge >= 0.3 is 0 Å². The molecule has 0 amide bonds. The van der Waals surface area contributed by atoms with Crippen LogP contribution in [-0.4, -0.2) is 0 Å². The Kier molecular flexibility index (Phi) is 4.46. The van der Waals surface area contributed by atoms with Gasteiger partial charge in [0.05, 0.1) is 0 Å². The SMILES string of the molecule is BrCc1ccc(C[n+]2ccc(-c3ccccc3)cc2)cc1. The Balaban J connectivity index is 1.75. The molecule has 0 aliphatic carbocycles. The van der Waals surface area contributed by atoms with E-state index < -0.39 is 0 Å². The van der Waals surface area contributed by atoms with Gasteiger partial charge in [-0.1, -0.05) is 70.5 Å². The molecule has 1 aromatic heterocycles. The van der Waals surface area contributed by atoms with E-state index in [0.717, 1.165) is 11.9 Å². The Hall–Kier alpha value is -1.93. The highest BCUT2D eigenvalue weighted by atomic mass is 79.9. The fourth-order valence-corrected chi connectivity index (χ4v) is 2.70. The predicted molar refractivity (Wildman–Crippen MR) is 90.2 cm³/mol. The highest BCUT2D eigenvalue weighted by molar-refractivity contribution is 9.08.